The van der Waals surface area contributed by atoms with Crippen molar-refractivity contribution in [3.63, 3.8) is 0 Å². The molecule has 10 rings (SSSR count). The molecule has 0 aliphatic carbocycles. The summed E-state index contributed by atoms with van der Waals surface area (Å²) in [7, 11) is 0. The Morgan fingerprint density at radius 1 is 0.441 bits per heavy atom. The van der Waals surface area contributed by atoms with Crippen LogP contribution in [0.25, 0.3) is 21.5 Å². The van der Waals surface area contributed by atoms with E-state index in [-0.39, 0.29) is 21.7 Å². The molecule has 4 heteroatoms. The van der Waals surface area contributed by atoms with Crippen LogP contribution in [0.2, 0.25) is 0 Å². The third-order valence-electron chi connectivity index (χ3n) is 15.9. The van der Waals surface area contributed by atoms with E-state index in [9.17, 15) is 0 Å². The Hall–Kier alpha value is -6.26. The summed E-state index contributed by atoms with van der Waals surface area (Å²) in [6.07, 6.45) is 14.0. The number of hydrogen-bond acceptors (Lipinski definition) is 2. The quantitative estimate of drug-likeness (QED) is 0.141. The molecule has 0 N–H and O–H groups in total. The van der Waals surface area contributed by atoms with Crippen molar-refractivity contribution in [3.05, 3.63) is 190 Å². The van der Waals surface area contributed by atoms with Crippen LogP contribution < -0.4 is 9.80 Å². The van der Waals surface area contributed by atoms with Crippen LogP contribution in [0.15, 0.2) is 157 Å². The van der Waals surface area contributed by atoms with Crippen LogP contribution in [-0.2, 0) is 21.7 Å². The molecule has 0 bridgehead atoms. The lowest BCUT2D eigenvalue weighted by molar-refractivity contribution is -0.431. The summed E-state index contributed by atoms with van der Waals surface area (Å²) in [5, 5.41) is 5.30. The Morgan fingerprint density at radius 2 is 0.824 bits per heavy atom. The lowest BCUT2D eigenvalue weighted by atomic mass is 9.80. The molecule has 0 spiro atoms. The van der Waals surface area contributed by atoms with Gasteiger partial charge in [-0.25, -0.2) is 0 Å². The number of nitrogens with zero attached hydrogens (tertiary/aromatic N) is 4. The summed E-state index contributed by atoms with van der Waals surface area (Å²) >= 11 is 0. The molecule has 4 heterocycles. The van der Waals surface area contributed by atoms with E-state index in [0.29, 0.717) is 0 Å². The highest BCUT2D eigenvalue weighted by molar-refractivity contribution is 6.08. The second-order valence-electron chi connectivity index (χ2n) is 21.5. The van der Waals surface area contributed by atoms with Crippen LogP contribution in [0.4, 0.5) is 22.7 Å². The Bertz CT molecular complexity index is 2980. The van der Waals surface area contributed by atoms with Crippen LogP contribution >= 0.6 is 0 Å². The summed E-state index contributed by atoms with van der Waals surface area (Å²) in [6, 6.07) is 40.5. The van der Waals surface area contributed by atoms with Gasteiger partial charge in [-0.1, -0.05) is 136 Å². The van der Waals surface area contributed by atoms with Gasteiger partial charge in [-0.15, -0.1) is 0 Å². The van der Waals surface area contributed by atoms with Gasteiger partial charge in [0.1, 0.15) is 13.1 Å². The minimum absolute atomic E-state index is 0.0127. The number of aryl methyl sites for hydroxylation is 2. The number of likely N-dealkylation sites (N-methyl/N-ethyl adjacent to an activating group) is 2. The maximum absolute atomic E-state index is 2.52. The van der Waals surface area contributed by atoms with E-state index < -0.39 is 0 Å². The van der Waals surface area contributed by atoms with Gasteiger partial charge in [0.2, 0.25) is 11.4 Å². The first-order chi connectivity index (χ1) is 32.4. The molecule has 6 aromatic carbocycles. The molecule has 0 atom stereocenters. The van der Waals surface area contributed by atoms with Crippen molar-refractivity contribution < 1.29 is 9.15 Å². The second kappa shape index (κ2) is 17.4. The first kappa shape index (κ1) is 46.8. The molecule has 0 saturated heterocycles. The van der Waals surface area contributed by atoms with E-state index >= 15 is 0 Å². The molecular weight excluding hydrogens is 825 g/mol. The Balaban J connectivity index is 0.000000170. The van der Waals surface area contributed by atoms with Crippen LogP contribution in [-0.4, -0.2) is 46.8 Å². The van der Waals surface area contributed by atoms with Gasteiger partial charge in [-0.3, -0.25) is 0 Å². The zero-order valence-corrected chi connectivity index (χ0v) is 43.5. The van der Waals surface area contributed by atoms with Crippen molar-refractivity contribution in [2.45, 2.75) is 119 Å². The maximum atomic E-state index is 2.52. The predicted octanol–water partition coefficient (Wildman–Crippen LogP) is 15.6. The van der Waals surface area contributed by atoms with Gasteiger partial charge < -0.3 is 9.80 Å². The maximum Gasteiger partial charge on any atom is 0.217 e. The monoisotopic (exact) mass is 899 g/mol. The third kappa shape index (κ3) is 7.33. The molecule has 0 aromatic heterocycles. The van der Waals surface area contributed by atoms with Gasteiger partial charge in [0, 0.05) is 70.0 Å². The van der Waals surface area contributed by atoms with Gasteiger partial charge in [-0.05, 0) is 128 Å². The van der Waals surface area contributed by atoms with Gasteiger partial charge >= 0.3 is 0 Å². The smallest absolute Gasteiger partial charge is 0.217 e. The van der Waals surface area contributed by atoms with E-state index in [0.717, 1.165) is 26.2 Å². The van der Waals surface area contributed by atoms with Crippen LogP contribution in [0, 0.1) is 13.8 Å². The normalized spacial score (nSPS) is 19.5. The minimum Gasteiger partial charge on any atom is -0.344 e. The van der Waals surface area contributed by atoms with E-state index in [4.69, 9.17) is 0 Å². The van der Waals surface area contributed by atoms with E-state index in [1.165, 1.54) is 100 Å². The molecule has 4 aliphatic rings. The zero-order valence-electron chi connectivity index (χ0n) is 43.5. The van der Waals surface area contributed by atoms with Gasteiger partial charge in [0.25, 0.3) is 0 Å². The lowest BCUT2D eigenvalue weighted by Gasteiger charge is -2.25. The van der Waals surface area contributed by atoms with Crippen LogP contribution in [0.3, 0.4) is 0 Å². The summed E-state index contributed by atoms with van der Waals surface area (Å²) in [6.45, 7) is 36.1. The average Bonchev–Trinajstić information content (AvgIpc) is 3.87. The van der Waals surface area contributed by atoms with E-state index in [1.807, 2.05) is 0 Å². The van der Waals surface area contributed by atoms with Crippen molar-refractivity contribution in [1.29, 1.82) is 0 Å². The van der Waals surface area contributed by atoms with Crippen LogP contribution in [0.1, 0.15) is 116 Å². The molecular formula is C64H74N4+2. The highest BCUT2D eigenvalue weighted by atomic mass is 15.2. The lowest BCUT2D eigenvalue weighted by Crippen LogP contribution is -2.28. The first-order valence-electron chi connectivity index (χ1n) is 25.3. The van der Waals surface area contributed by atoms with Crippen molar-refractivity contribution in [2.75, 3.05) is 36.0 Å². The summed E-state index contributed by atoms with van der Waals surface area (Å²) in [4.78, 5) is 4.95. The summed E-state index contributed by atoms with van der Waals surface area (Å²) < 4.78 is 5.03. The second-order valence-corrected chi connectivity index (χ2v) is 21.5. The molecule has 6 aromatic rings. The van der Waals surface area contributed by atoms with Crippen molar-refractivity contribution in [1.82, 2.24) is 0 Å². The fourth-order valence-electron chi connectivity index (χ4n) is 12.3. The molecule has 0 unspecified atom stereocenters. The number of rotatable bonds is 8. The highest BCUT2D eigenvalue weighted by Gasteiger charge is 2.47. The van der Waals surface area contributed by atoms with Crippen LogP contribution in [0.5, 0.6) is 0 Å². The predicted molar refractivity (Wildman–Crippen MR) is 294 cm³/mol. The van der Waals surface area contributed by atoms with Gasteiger partial charge in [0.15, 0.2) is 11.4 Å². The number of allylic oxidation sites excluding steroid dienone is 8. The summed E-state index contributed by atoms with van der Waals surface area (Å²) in [5.41, 5.74) is 19.1. The SMILES string of the molecule is CCN1C(=CC=CC2=[N+](CC)c3c(ccc4ccccc34)C2(C)C)C(C)(C)c2cc(C)ccc21.CCN1C(=CC=CC2=[N+](CC)c3c(ccc4ccccc34)C2(C)C)C(C)(C)c2cc(C)ccc21. The summed E-state index contributed by atoms with van der Waals surface area (Å²) in [5.74, 6) is 0. The standard InChI is InChI=1S/2C32H37N2/c2*1-8-33-27-20-17-22(3)21-26(27)32(6,7)28(33)15-12-16-29-31(4,5)25-19-18-23-13-10-11-14-24(23)30(25)34(29)9-2/h2*10-21H,8-9H2,1-7H3/q2*+1. The molecule has 0 radical (unpaired) electrons. The Labute approximate surface area is 408 Å². The van der Waals surface area contributed by atoms with E-state index in [2.05, 4.69) is 262 Å². The fraction of sp³-hybridized carbons (Fsp3) is 0.344. The van der Waals surface area contributed by atoms with Gasteiger partial charge in [-0.2, -0.15) is 9.15 Å². The van der Waals surface area contributed by atoms with Crippen molar-refractivity contribution >= 4 is 55.7 Å². The topological polar surface area (TPSA) is 12.5 Å². The minimum atomic E-state index is -0.0416. The Kier molecular flexibility index (Phi) is 12.0. The average molecular weight is 899 g/mol. The number of fused-ring (bicyclic) bond motifs is 8. The number of benzene rings is 6. The fourth-order valence-corrected chi connectivity index (χ4v) is 12.3. The molecule has 348 valence electrons. The largest absolute Gasteiger partial charge is 0.344 e. The van der Waals surface area contributed by atoms with Crippen molar-refractivity contribution in [3.8, 4) is 0 Å². The molecule has 68 heavy (non-hydrogen) atoms. The molecule has 4 aliphatic heterocycles. The number of hydrogen-bond donors (Lipinski definition) is 0. The zero-order chi connectivity index (χ0) is 48.5. The molecule has 0 fully saturated rings. The van der Waals surface area contributed by atoms with Crippen molar-refractivity contribution in [2.24, 2.45) is 0 Å². The molecule has 4 nitrogen and oxygen atoms in total. The highest BCUT2D eigenvalue weighted by Crippen LogP contribution is 2.50. The molecule has 0 saturated carbocycles. The van der Waals surface area contributed by atoms with Gasteiger partial charge in [0.05, 0.1) is 21.6 Å². The Morgan fingerprint density at radius 3 is 1.19 bits per heavy atom. The molecule has 0 amide bonds. The first-order valence-corrected chi connectivity index (χ1v) is 25.3. The number of anilines is 2. The third-order valence-corrected chi connectivity index (χ3v) is 15.9. The van der Waals surface area contributed by atoms with E-state index in [1.54, 1.807) is 0 Å².